The first-order valence-electron chi connectivity index (χ1n) is 5.38. The van der Waals surface area contributed by atoms with Crippen molar-refractivity contribution < 1.29 is 18.4 Å². The monoisotopic (exact) mass is 265 g/mol. The van der Waals surface area contributed by atoms with Crippen molar-refractivity contribution in [2.24, 2.45) is 0 Å². The minimum atomic E-state index is -1.09. The summed E-state index contributed by atoms with van der Waals surface area (Å²) in [5.74, 6) is -2.67. The Kier molecular flexibility index (Phi) is 3.70. The Labute approximate surface area is 107 Å². The van der Waals surface area contributed by atoms with Crippen molar-refractivity contribution in [3.05, 3.63) is 69.8 Å². The van der Waals surface area contributed by atoms with E-state index < -0.39 is 28.0 Å². The molecule has 2 rings (SSSR count). The summed E-state index contributed by atoms with van der Waals surface area (Å²) in [6.45, 7) is -0.0375. The van der Waals surface area contributed by atoms with E-state index in [2.05, 4.69) is 0 Å². The molecule has 0 bridgehead atoms. The van der Waals surface area contributed by atoms with Crippen molar-refractivity contribution in [2.75, 3.05) is 0 Å². The molecular formula is C13H9F2NO3. The number of nitro groups is 1. The molecule has 0 atom stereocenters. The SMILES string of the molecule is O=[N+]([O-])c1cc(F)cc(F)c1OCc1ccccc1. The quantitative estimate of drug-likeness (QED) is 0.628. The van der Waals surface area contributed by atoms with Crippen molar-refractivity contribution in [2.45, 2.75) is 6.61 Å². The summed E-state index contributed by atoms with van der Waals surface area (Å²) in [4.78, 5) is 9.85. The minimum absolute atomic E-state index is 0.0375. The van der Waals surface area contributed by atoms with E-state index in [9.17, 15) is 18.9 Å². The van der Waals surface area contributed by atoms with Crippen LogP contribution < -0.4 is 4.74 Å². The van der Waals surface area contributed by atoms with E-state index in [4.69, 9.17) is 4.74 Å². The largest absolute Gasteiger partial charge is 0.480 e. The molecule has 0 aromatic heterocycles. The second-order valence-corrected chi connectivity index (χ2v) is 3.77. The summed E-state index contributed by atoms with van der Waals surface area (Å²) < 4.78 is 31.5. The van der Waals surface area contributed by atoms with Gasteiger partial charge in [-0.25, -0.2) is 8.78 Å². The molecule has 0 spiro atoms. The zero-order valence-electron chi connectivity index (χ0n) is 9.68. The van der Waals surface area contributed by atoms with Gasteiger partial charge >= 0.3 is 5.69 Å². The van der Waals surface area contributed by atoms with Crippen LogP contribution in [0.2, 0.25) is 0 Å². The predicted molar refractivity (Wildman–Crippen MR) is 63.8 cm³/mol. The molecule has 98 valence electrons. The van der Waals surface area contributed by atoms with E-state index >= 15 is 0 Å². The molecule has 0 heterocycles. The van der Waals surface area contributed by atoms with Gasteiger partial charge in [0.2, 0.25) is 5.75 Å². The molecule has 0 saturated carbocycles. The number of nitro benzene ring substituents is 1. The van der Waals surface area contributed by atoms with Crippen LogP contribution in [0.15, 0.2) is 42.5 Å². The lowest BCUT2D eigenvalue weighted by Crippen LogP contribution is -2.02. The van der Waals surface area contributed by atoms with Crippen molar-refractivity contribution in [3.63, 3.8) is 0 Å². The summed E-state index contributed by atoms with van der Waals surface area (Å²) in [7, 11) is 0. The first kappa shape index (κ1) is 12.9. The highest BCUT2D eigenvalue weighted by Crippen LogP contribution is 2.31. The van der Waals surface area contributed by atoms with Crippen molar-refractivity contribution in [1.82, 2.24) is 0 Å². The average Bonchev–Trinajstić information content (AvgIpc) is 2.38. The molecule has 0 N–H and O–H groups in total. The molecule has 4 nitrogen and oxygen atoms in total. The van der Waals surface area contributed by atoms with Gasteiger partial charge in [0, 0.05) is 6.07 Å². The van der Waals surface area contributed by atoms with Crippen LogP contribution >= 0.6 is 0 Å². The lowest BCUT2D eigenvalue weighted by molar-refractivity contribution is -0.386. The Balaban J connectivity index is 2.27. The molecule has 0 saturated heterocycles. The van der Waals surface area contributed by atoms with Gasteiger partial charge in [-0.05, 0) is 5.56 Å². The smallest absolute Gasteiger partial charge is 0.316 e. The Morgan fingerprint density at radius 2 is 1.84 bits per heavy atom. The number of ether oxygens (including phenoxy) is 1. The van der Waals surface area contributed by atoms with E-state index in [-0.39, 0.29) is 6.61 Å². The van der Waals surface area contributed by atoms with E-state index in [0.29, 0.717) is 12.1 Å². The molecule has 0 aliphatic heterocycles. The molecule has 2 aromatic carbocycles. The summed E-state index contributed by atoms with van der Waals surface area (Å²) in [5.41, 5.74) is -0.00560. The fraction of sp³-hybridized carbons (Fsp3) is 0.0769. The first-order chi connectivity index (χ1) is 9.08. The van der Waals surface area contributed by atoms with Crippen LogP contribution in [0.5, 0.6) is 5.75 Å². The third kappa shape index (κ3) is 3.04. The average molecular weight is 265 g/mol. The van der Waals surface area contributed by atoms with E-state index in [1.54, 1.807) is 30.3 Å². The molecule has 0 unspecified atom stereocenters. The maximum atomic E-state index is 13.5. The predicted octanol–water partition coefficient (Wildman–Crippen LogP) is 3.45. The fourth-order valence-corrected chi connectivity index (χ4v) is 1.56. The number of nitrogens with zero attached hydrogens (tertiary/aromatic N) is 1. The zero-order valence-corrected chi connectivity index (χ0v) is 9.68. The topological polar surface area (TPSA) is 52.4 Å². The summed E-state index contributed by atoms with van der Waals surface area (Å²) >= 11 is 0. The maximum absolute atomic E-state index is 13.5. The Morgan fingerprint density at radius 3 is 2.47 bits per heavy atom. The van der Waals surface area contributed by atoms with Gasteiger partial charge in [0.1, 0.15) is 12.4 Å². The van der Waals surface area contributed by atoms with Crippen LogP contribution in [0, 0.1) is 21.7 Å². The number of halogens is 2. The first-order valence-corrected chi connectivity index (χ1v) is 5.38. The number of hydrogen-bond donors (Lipinski definition) is 0. The molecule has 0 aliphatic carbocycles. The Morgan fingerprint density at radius 1 is 1.16 bits per heavy atom. The lowest BCUT2D eigenvalue weighted by Gasteiger charge is -2.07. The van der Waals surface area contributed by atoms with Gasteiger partial charge in [-0.15, -0.1) is 0 Å². The van der Waals surface area contributed by atoms with Crippen LogP contribution in [-0.4, -0.2) is 4.92 Å². The summed E-state index contributed by atoms with van der Waals surface area (Å²) in [6, 6.07) is 9.95. The number of rotatable bonds is 4. The van der Waals surface area contributed by atoms with E-state index in [1.165, 1.54) is 0 Å². The van der Waals surface area contributed by atoms with Gasteiger partial charge in [0.25, 0.3) is 0 Å². The van der Waals surface area contributed by atoms with Gasteiger partial charge in [-0.3, -0.25) is 10.1 Å². The van der Waals surface area contributed by atoms with Crippen LogP contribution in [0.4, 0.5) is 14.5 Å². The normalized spacial score (nSPS) is 10.2. The van der Waals surface area contributed by atoms with Crippen LogP contribution in [-0.2, 0) is 6.61 Å². The van der Waals surface area contributed by atoms with E-state index in [1.807, 2.05) is 0 Å². The number of hydrogen-bond acceptors (Lipinski definition) is 3. The highest BCUT2D eigenvalue weighted by molar-refractivity contribution is 5.47. The second kappa shape index (κ2) is 5.43. The van der Waals surface area contributed by atoms with Gasteiger partial charge in [-0.1, -0.05) is 30.3 Å². The zero-order chi connectivity index (χ0) is 13.8. The Bertz CT molecular complexity index is 602. The van der Waals surface area contributed by atoms with Gasteiger partial charge in [0.05, 0.1) is 11.0 Å². The summed E-state index contributed by atoms with van der Waals surface area (Å²) in [6.07, 6.45) is 0. The van der Waals surface area contributed by atoms with Gasteiger partial charge in [0.15, 0.2) is 5.82 Å². The van der Waals surface area contributed by atoms with Gasteiger partial charge in [-0.2, -0.15) is 0 Å². The van der Waals surface area contributed by atoms with Crippen molar-refractivity contribution in [1.29, 1.82) is 0 Å². The highest BCUT2D eigenvalue weighted by atomic mass is 19.1. The van der Waals surface area contributed by atoms with Crippen molar-refractivity contribution in [3.8, 4) is 5.75 Å². The fourth-order valence-electron chi connectivity index (χ4n) is 1.56. The lowest BCUT2D eigenvalue weighted by atomic mass is 10.2. The van der Waals surface area contributed by atoms with E-state index in [0.717, 1.165) is 5.56 Å². The second-order valence-electron chi connectivity index (χ2n) is 3.77. The third-order valence-electron chi connectivity index (χ3n) is 2.41. The Hall–Kier alpha value is -2.50. The van der Waals surface area contributed by atoms with Gasteiger partial charge < -0.3 is 4.74 Å². The molecule has 0 aliphatic rings. The molecule has 0 radical (unpaired) electrons. The molecule has 2 aromatic rings. The number of benzene rings is 2. The third-order valence-corrected chi connectivity index (χ3v) is 2.41. The summed E-state index contributed by atoms with van der Waals surface area (Å²) in [5, 5.41) is 10.7. The van der Waals surface area contributed by atoms with Crippen LogP contribution in [0.3, 0.4) is 0 Å². The molecule has 0 amide bonds. The molecular weight excluding hydrogens is 256 g/mol. The van der Waals surface area contributed by atoms with Crippen LogP contribution in [0.1, 0.15) is 5.56 Å². The van der Waals surface area contributed by atoms with Crippen molar-refractivity contribution >= 4 is 5.69 Å². The van der Waals surface area contributed by atoms with Crippen LogP contribution in [0.25, 0.3) is 0 Å². The molecule has 6 heteroatoms. The minimum Gasteiger partial charge on any atom is -0.480 e. The highest BCUT2D eigenvalue weighted by Gasteiger charge is 2.22. The standard InChI is InChI=1S/C13H9F2NO3/c14-10-6-11(15)13(12(7-10)16(17)18)19-8-9-4-2-1-3-5-9/h1-7H,8H2. The molecule has 19 heavy (non-hydrogen) atoms. The maximum Gasteiger partial charge on any atom is 0.316 e. The molecule has 0 fully saturated rings.